The number of aliphatic hydroxyl groups is 6. The van der Waals surface area contributed by atoms with Crippen LogP contribution in [0.15, 0.2) is 11.6 Å². The normalized spacial score (nSPS) is 56.0. The van der Waals surface area contributed by atoms with E-state index in [0.29, 0.717) is 25.7 Å². The molecule has 6 rings (SSSR count). The van der Waals surface area contributed by atoms with Gasteiger partial charge in [0.1, 0.15) is 31.2 Å². The van der Waals surface area contributed by atoms with Gasteiger partial charge in [0, 0.05) is 23.8 Å². The van der Waals surface area contributed by atoms with Crippen LogP contribution in [0, 0.1) is 28.6 Å². The fraction of sp³-hybridized carbons (Fsp3) is 0.862. The Morgan fingerprint density at radius 1 is 1.00 bits per heavy atom. The number of fused-ring (bicyclic) bond motifs is 5. The third-order valence-corrected chi connectivity index (χ3v) is 11.9. The largest absolute Gasteiger partial charge is 0.458 e. The van der Waals surface area contributed by atoms with Crippen LogP contribution >= 0.6 is 0 Å². The Balaban J connectivity index is 1.25. The monoisotopic (exact) mass is 566 g/mol. The number of cyclic esters (lactones) is 1. The van der Waals surface area contributed by atoms with Gasteiger partial charge < -0.3 is 49.6 Å². The molecule has 0 radical (unpaired) electrons. The van der Waals surface area contributed by atoms with Crippen molar-refractivity contribution in [1.29, 1.82) is 0 Å². The molecular weight excluding hydrogens is 524 g/mol. The molecule has 224 valence electrons. The smallest absolute Gasteiger partial charge is 0.331 e. The molecule has 2 aliphatic heterocycles. The molecule has 5 fully saturated rings. The number of aliphatic hydroxyl groups excluding tert-OH is 4. The highest BCUT2D eigenvalue weighted by molar-refractivity contribution is 5.85. The Hall–Kier alpha value is -1.44. The second kappa shape index (κ2) is 9.54. The fourth-order valence-electron chi connectivity index (χ4n) is 9.82. The lowest BCUT2D eigenvalue weighted by atomic mass is 9.41. The lowest BCUT2D eigenvalue weighted by Gasteiger charge is -2.66. The minimum absolute atomic E-state index is 0.0615. The van der Waals surface area contributed by atoms with Crippen molar-refractivity contribution in [3.8, 4) is 0 Å². The zero-order valence-electron chi connectivity index (χ0n) is 23.0. The molecule has 11 heteroatoms. The number of ether oxygens (including phenoxy) is 3. The van der Waals surface area contributed by atoms with Gasteiger partial charge >= 0.3 is 5.97 Å². The molecule has 11 nitrogen and oxygen atoms in total. The van der Waals surface area contributed by atoms with Gasteiger partial charge in [-0.25, -0.2) is 4.79 Å². The molecule has 4 aliphatic carbocycles. The van der Waals surface area contributed by atoms with Crippen LogP contribution in [-0.4, -0.2) is 104 Å². The number of aldehydes is 1. The van der Waals surface area contributed by atoms with Crippen molar-refractivity contribution in [3.05, 3.63) is 11.6 Å². The van der Waals surface area contributed by atoms with Crippen LogP contribution in [0.2, 0.25) is 0 Å². The summed E-state index contributed by atoms with van der Waals surface area (Å²) in [5, 5.41) is 66.7. The van der Waals surface area contributed by atoms with Crippen LogP contribution in [0.3, 0.4) is 0 Å². The van der Waals surface area contributed by atoms with Crippen LogP contribution in [0.25, 0.3) is 0 Å². The lowest BCUT2D eigenvalue weighted by Crippen LogP contribution is -2.72. The highest BCUT2D eigenvalue weighted by Gasteiger charge is 2.73. The van der Waals surface area contributed by atoms with E-state index in [1.807, 2.05) is 6.92 Å². The first-order valence-electron chi connectivity index (χ1n) is 14.6. The third kappa shape index (κ3) is 3.78. The number of carbonyl (C=O) groups is 2. The highest BCUT2D eigenvalue weighted by atomic mass is 16.7. The minimum Gasteiger partial charge on any atom is -0.458 e. The summed E-state index contributed by atoms with van der Waals surface area (Å²) in [6.45, 7) is 3.72. The second-order valence-electron chi connectivity index (χ2n) is 13.6. The van der Waals surface area contributed by atoms with Crippen molar-refractivity contribution in [2.45, 2.75) is 119 Å². The Bertz CT molecular complexity index is 1080. The third-order valence-electron chi connectivity index (χ3n) is 11.9. The van der Waals surface area contributed by atoms with Crippen LogP contribution in [0.4, 0.5) is 0 Å². The minimum atomic E-state index is -1.51. The maximum atomic E-state index is 13.0. The average Bonchev–Trinajstić information content (AvgIpc) is 3.45. The fourth-order valence-corrected chi connectivity index (χ4v) is 9.82. The molecule has 14 atom stereocenters. The van der Waals surface area contributed by atoms with Crippen molar-refractivity contribution < 1.29 is 54.4 Å². The van der Waals surface area contributed by atoms with Crippen molar-refractivity contribution in [2.24, 2.45) is 28.6 Å². The van der Waals surface area contributed by atoms with E-state index in [4.69, 9.17) is 14.2 Å². The summed E-state index contributed by atoms with van der Waals surface area (Å²) in [4.78, 5) is 24.8. The summed E-state index contributed by atoms with van der Waals surface area (Å²) in [5.74, 6) is -1.61. The summed E-state index contributed by atoms with van der Waals surface area (Å²) in [5.41, 5.74) is -3.89. The summed E-state index contributed by atoms with van der Waals surface area (Å²) in [6.07, 6.45) is -2.87. The molecule has 1 saturated heterocycles. The molecule has 6 aliphatic rings. The molecule has 0 aromatic heterocycles. The van der Waals surface area contributed by atoms with Gasteiger partial charge in [-0.2, -0.15) is 0 Å². The Labute approximate surface area is 233 Å². The van der Waals surface area contributed by atoms with E-state index in [9.17, 15) is 40.2 Å². The van der Waals surface area contributed by atoms with Gasteiger partial charge in [-0.1, -0.05) is 6.92 Å². The van der Waals surface area contributed by atoms with Gasteiger partial charge in [-0.3, -0.25) is 0 Å². The first kappa shape index (κ1) is 28.7. The van der Waals surface area contributed by atoms with Crippen LogP contribution < -0.4 is 0 Å². The van der Waals surface area contributed by atoms with E-state index in [0.717, 1.165) is 11.9 Å². The zero-order chi connectivity index (χ0) is 28.8. The highest BCUT2D eigenvalue weighted by Crippen LogP contribution is 2.70. The van der Waals surface area contributed by atoms with Gasteiger partial charge in [0.05, 0.1) is 34.9 Å². The van der Waals surface area contributed by atoms with Gasteiger partial charge in [0.15, 0.2) is 6.29 Å². The standard InChI is InChI=1S/C29H42O11/c1-14-22(33)23(34)24(35)25(39-14)40-16-3-6-27(13-30)21-18(4-7-28(27,36)10-16)29(37)8-5-17(15-9-20(32)38-12-15)26(29,2)11-19(21)31/h9,13-14,16-19,21-25,31,33-37H,3-8,10-12H2,1-2H3/t14-,16-,17+,18+,19+,21+,22+,23+,24+,25?,26+,27-,28-,29-/m0/s1. The first-order valence-corrected chi connectivity index (χ1v) is 14.6. The topological polar surface area (TPSA) is 183 Å². The van der Waals surface area contributed by atoms with Crippen LogP contribution in [-0.2, 0) is 23.8 Å². The summed E-state index contributed by atoms with van der Waals surface area (Å²) >= 11 is 0. The van der Waals surface area contributed by atoms with Gasteiger partial charge in [-0.15, -0.1) is 0 Å². The summed E-state index contributed by atoms with van der Waals surface area (Å²) in [6, 6.07) is 0. The Morgan fingerprint density at radius 2 is 1.75 bits per heavy atom. The molecule has 4 saturated carbocycles. The molecule has 0 amide bonds. The molecule has 1 unspecified atom stereocenters. The number of hydrogen-bond donors (Lipinski definition) is 6. The van der Waals surface area contributed by atoms with E-state index in [-0.39, 0.29) is 38.2 Å². The van der Waals surface area contributed by atoms with Crippen molar-refractivity contribution in [1.82, 2.24) is 0 Å². The van der Waals surface area contributed by atoms with Crippen molar-refractivity contribution >= 4 is 12.3 Å². The molecule has 0 aromatic rings. The van der Waals surface area contributed by atoms with Gasteiger partial charge in [0.2, 0.25) is 0 Å². The van der Waals surface area contributed by atoms with E-state index < -0.39 is 82.8 Å². The van der Waals surface area contributed by atoms with Crippen molar-refractivity contribution in [2.75, 3.05) is 6.61 Å². The molecule has 2 heterocycles. The average molecular weight is 567 g/mol. The molecule has 0 aromatic carbocycles. The van der Waals surface area contributed by atoms with E-state index >= 15 is 0 Å². The summed E-state index contributed by atoms with van der Waals surface area (Å²) < 4.78 is 16.8. The molecule has 40 heavy (non-hydrogen) atoms. The lowest BCUT2D eigenvalue weighted by molar-refractivity contribution is -0.320. The number of esters is 1. The van der Waals surface area contributed by atoms with Gasteiger partial charge in [0.25, 0.3) is 0 Å². The van der Waals surface area contributed by atoms with Crippen molar-refractivity contribution in [3.63, 3.8) is 0 Å². The Morgan fingerprint density at radius 3 is 2.42 bits per heavy atom. The Kier molecular flexibility index (Phi) is 6.83. The maximum absolute atomic E-state index is 13.0. The molecular formula is C29H42O11. The number of hydrogen-bond acceptors (Lipinski definition) is 11. The first-order chi connectivity index (χ1) is 18.8. The predicted octanol–water partition coefficient (Wildman–Crippen LogP) is -0.279. The van der Waals surface area contributed by atoms with E-state index in [1.165, 1.54) is 6.08 Å². The maximum Gasteiger partial charge on any atom is 0.331 e. The number of carbonyl (C=O) groups excluding carboxylic acids is 2. The zero-order valence-corrected chi connectivity index (χ0v) is 23.0. The molecule has 0 spiro atoms. The van der Waals surface area contributed by atoms with Crippen LogP contribution in [0.1, 0.15) is 65.2 Å². The van der Waals surface area contributed by atoms with E-state index in [2.05, 4.69) is 0 Å². The second-order valence-corrected chi connectivity index (χ2v) is 13.6. The number of rotatable bonds is 4. The molecule has 6 N–H and O–H groups in total. The van der Waals surface area contributed by atoms with E-state index in [1.54, 1.807) is 6.92 Å². The van der Waals surface area contributed by atoms with Crippen LogP contribution in [0.5, 0.6) is 0 Å². The SMILES string of the molecule is C[C@@H]1OC(O[C@H]2CC[C@]3(C=O)[C@H]4[C@H](O)C[C@]5(C)[C@@H](C6=CC(=O)OC6)CC[C@]5(O)[C@@H]4CC[C@]3(O)C2)[C@H](O)[C@H](O)[C@@H]1O. The van der Waals surface area contributed by atoms with Gasteiger partial charge in [-0.05, 0) is 69.3 Å². The summed E-state index contributed by atoms with van der Waals surface area (Å²) in [7, 11) is 0. The quantitative estimate of drug-likeness (QED) is 0.149. The predicted molar refractivity (Wildman–Crippen MR) is 136 cm³/mol. The molecule has 0 bridgehead atoms.